The molecule has 0 aliphatic heterocycles. The zero-order valence-electron chi connectivity index (χ0n) is 16.3. The molecule has 1 amide bonds. The van der Waals surface area contributed by atoms with E-state index in [0.29, 0.717) is 5.69 Å². The third kappa shape index (κ3) is 6.48. The van der Waals surface area contributed by atoms with Crippen LogP contribution in [0.25, 0.3) is 0 Å². The fourth-order valence-corrected chi connectivity index (χ4v) is 2.62. The molecule has 0 fully saturated rings. The highest BCUT2D eigenvalue weighted by Gasteiger charge is 2.21. The second-order valence-corrected chi connectivity index (χ2v) is 6.14. The molecule has 0 radical (unpaired) electrons. The van der Waals surface area contributed by atoms with Crippen molar-refractivity contribution in [2.45, 2.75) is 6.42 Å². The molecule has 0 aliphatic rings. The van der Waals surface area contributed by atoms with E-state index in [1.807, 2.05) is 6.07 Å². The van der Waals surface area contributed by atoms with E-state index in [9.17, 15) is 24.1 Å². The minimum absolute atomic E-state index is 0.00136. The number of halogens is 1. The van der Waals surface area contributed by atoms with Gasteiger partial charge in [0.25, 0.3) is 11.6 Å². The van der Waals surface area contributed by atoms with E-state index in [4.69, 9.17) is 15.1 Å². The molecular weight excluding hydrogens is 411 g/mol. The van der Waals surface area contributed by atoms with Gasteiger partial charge in [-0.05, 0) is 30.3 Å². The monoisotopic (exact) mass is 430 g/mol. The van der Waals surface area contributed by atoms with E-state index in [2.05, 4.69) is 5.32 Å². The highest BCUT2D eigenvalue weighted by molar-refractivity contribution is 5.99. The smallest absolute Gasteiger partial charge is 0.341 e. The van der Waals surface area contributed by atoms with Gasteiger partial charge < -0.3 is 20.1 Å². The Morgan fingerprint density at radius 1 is 1.26 bits per heavy atom. The Balaban J connectivity index is 2.17. The van der Waals surface area contributed by atoms with Crippen molar-refractivity contribution >= 4 is 28.9 Å². The molecule has 2 N–H and O–H groups in total. The van der Waals surface area contributed by atoms with Gasteiger partial charge in [-0.3, -0.25) is 14.9 Å². The van der Waals surface area contributed by atoms with Crippen molar-refractivity contribution in [2.75, 3.05) is 36.5 Å². The highest BCUT2D eigenvalue weighted by Crippen LogP contribution is 2.23. The van der Waals surface area contributed by atoms with Crippen molar-refractivity contribution in [3.63, 3.8) is 0 Å². The number of nitro benzene ring substituents is 1. The number of non-ortho nitro benzene ring substituents is 1. The predicted octanol–water partition coefficient (Wildman–Crippen LogP) is 2.24. The van der Waals surface area contributed by atoms with Crippen molar-refractivity contribution in [1.29, 1.82) is 5.26 Å². The normalized spacial score (nSPS) is 10.1. The van der Waals surface area contributed by atoms with Gasteiger partial charge in [-0.2, -0.15) is 5.26 Å². The van der Waals surface area contributed by atoms with Crippen molar-refractivity contribution in [3.05, 3.63) is 64.0 Å². The average molecular weight is 430 g/mol. The van der Waals surface area contributed by atoms with Crippen LogP contribution in [0.4, 0.5) is 21.5 Å². The fraction of sp³-hybridized carbons (Fsp3) is 0.250. The van der Waals surface area contributed by atoms with Crippen LogP contribution >= 0.6 is 0 Å². The number of ether oxygens (including phenoxy) is 1. The number of carbonyl (C=O) groups is 2. The number of nitrogens with zero attached hydrogens (tertiary/aromatic N) is 3. The summed E-state index contributed by atoms with van der Waals surface area (Å²) in [4.78, 5) is 36.6. The Morgan fingerprint density at radius 2 is 1.97 bits per heavy atom. The van der Waals surface area contributed by atoms with E-state index < -0.39 is 29.2 Å². The Labute approximate surface area is 176 Å². The number of hydrogen-bond acceptors (Lipinski definition) is 8. The zero-order valence-corrected chi connectivity index (χ0v) is 16.3. The topological polar surface area (TPSA) is 146 Å². The molecule has 0 spiro atoms. The lowest BCUT2D eigenvalue weighted by Crippen LogP contribution is -2.35. The molecule has 0 atom stereocenters. The number of aliphatic hydroxyl groups excluding tert-OH is 1. The van der Waals surface area contributed by atoms with Gasteiger partial charge in [0.2, 0.25) is 0 Å². The molecule has 31 heavy (non-hydrogen) atoms. The van der Waals surface area contributed by atoms with Gasteiger partial charge >= 0.3 is 5.97 Å². The Kier molecular flexibility index (Phi) is 8.41. The predicted molar refractivity (Wildman–Crippen MR) is 108 cm³/mol. The van der Waals surface area contributed by atoms with Crippen LogP contribution in [-0.2, 0) is 9.53 Å². The van der Waals surface area contributed by atoms with E-state index in [-0.39, 0.29) is 43.1 Å². The molecule has 2 rings (SSSR count). The maximum absolute atomic E-state index is 13.2. The van der Waals surface area contributed by atoms with Crippen LogP contribution in [0.2, 0.25) is 0 Å². The summed E-state index contributed by atoms with van der Waals surface area (Å²) in [5.41, 5.74) is -0.0223. The molecule has 0 saturated heterocycles. The number of esters is 1. The summed E-state index contributed by atoms with van der Waals surface area (Å²) >= 11 is 0. The molecule has 0 bridgehead atoms. The molecule has 10 nitrogen and oxygen atoms in total. The van der Waals surface area contributed by atoms with Crippen LogP contribution in [0, 0.1) is 27.3 Å². The number of amides is 1. The summed E-state index contributed by atoms with van der Waals surface area (Å²) in [5, 5.41) is 31.5. The average Bonchev–Trinajstić information content (AvgIpc) is 2.77. The number of benzene rings is 2. The molecule has 162 valence electrons. The number of aliphatic hydroxyl groups is 1. The SMILES string of the molecule is N#CCCN(C(=O)COC(=O)c1cc([N+](=O)[O-])ccc1NCCO)c1ccc(F)cc1. The highest BCUT2D eigenvalue weighted by atomic mass is 19.1. The van der Waals surface area contributed by atoms with Crippen LogP contribution in [0.15, 0.2) is 42.5 Å². The quantitative estimate of drug-likeness (QED) is 0.331. The number of nitro groups is 1. The van der Waals surface area contributed by atoms with Crippen LogP contribution in [-0.4, -0.2) is 48.2 Å². The summed E-state index contributed by atoms with van der Waals surface area (Å²) in [6.07, 6.45) is -0.00281. The Hall–Kier alpha value is -4.04. The standard InChI is InChI=1S/C20H19FN4O6/c21-14-2-4-15(5-3-14)24(10-1-8-22)19(27)13-31-20(28)17-12-16(25(29)30)6-7-18(17)23-9-11-26/h2-7,12,23,26H,1,9-11,13H2. The largest absolute Gasteiger partial charge is 0.452 e. The van der Waals surface area contributed by atoms with Gasteiger partial charge in [-0.1, -0.05) is 0 Å². The van der Waals surface area contributed by atoms with Gasteiger partial charge in [0.1, 0.15) is 5.82 Å². The number of hydrogen-bond donors (Lipinski definition) is 2. The van der Waals surface area contributed by atoms with Crippen LogP contribution in [0.1, 0.15) is 16.8 Å². The molecule has 2 aromatic rings. The zero-order chi connectivity index (χ0) is 22.8. The molecule has 0 heterocycles. The first-order valence-corrected chi connectivity index (χ1v) is 9.10. The Bertz CT molecular complexity index is 990. The lowest BCUT2D eigenvalue weighted by Gasteiger charge is -2.21. The van der Waals surface area contributed by atoms with Gasteiger partial charge in [-0.15, -0.1) is 0 Å². The second kappa shape index (κ2) is 11.2. The van der Waals surface area contributed by atoms with Crippen molar-refractivity contribution in [3.8, 4) is 6.07 Å². The molecule has 0 unspecified atom stereocenters. The minimum atomic E-state index is -0.989. The maximum atomic E-state index is 13.2. The number of nitrogens with one attached hydrogen (secondary N) is 1. The van der Waals surface area contributed by atoms with Gasteiger partial charge in [0.15, 0.2) is 6.61 Å². The van der Waals surface area contributed by atoms with Gasteiger partial charge in [0.05, 0.1) is 29.6 Å². The fourth-order valence-electron chi connectivity index (χ4n) is 2.62. The molecule has 2 aromatic carbocycles. The molecule has 0 aliphatic carbocycles. The van der Waals surface area contributed by atoms with Crippen molar-refractivity contribution in [2.24, 2.45) is 0 Å². The van der Waals surface area contributed by atoms with E-state index in [0.717, 1.165) is 18.2 Å². The molecule has 0 aromatic heterocycles. The number of anilines is 2. The lowest BCUT2D eigenvalue weighted by molar-refractivity contribution is -0.384. The third-order valence-electron chi connectivity index (χ3n) is 4.07. The first-order valence-electron chi connectivity index (χ1n) is 9.10. The second-order valence-electron chi connectivity index (χ2n) is 6.14. The van der Waals surface area contributed by atoms with Crippen LogP contribution in [0.5, 0.6) is 0 Å². The van der Waals surface area contributed by atoms with Crippen molar-refractivity contribution < 1.29 is 28.7 Å². The summed E-state index contributed by atoms with van der Waals surface area (Å²) in [6, 6.07) is 10.4. The number of nitriles is 1. The van der Waals surface area contributed by atoms with E-state index in [1.165, 1.54) is 29.2 Å². The molecule has 0 saturated carbocycles. The lowest BCUT2D eigenvalue weighted by atomic mass is 10.1. The van der Waals surface area contributed by atoms with Crippen molar-refractivity contribution in [1.82, 2.24) is 0 Å². The third-order valence-corrected chi connectivity index (χ3v) is 4.07. The molecular formula is C20H19FN4O6. The first kappa shape index (κ1) is 23.2. The summed E-state index contributed by atoms with van der Waals surface area (Å²) < 4.78 is 18.2. The maximum Gasteiger partial charge on any atom is 0.341 e. The minimum Gasteiger partial charge on any atom is -0.452 e. The summed E-state index contributed by atoms with van der Waals surface area (Å²) in [5.74, 6) is -2.15. The van der Waals surface area contributed by atoms with E-state index >= 15 is 0 Å². The van der Waals surface area contributed by atoms with E-state index in [1.54, 1.807) is 0 Å². The Morgan fingerprint density at radius 3 is 2.58 bits per heavy atom. The summed E-state index contributed by atoms with van der Waals surface area (Å²) in [7, 11) is 0. The van der Waals surface area contributed by atoms with Gasteiger partial charge in [0, 0.05) is 36.6 Å². The van der Waals surface area contributed by atoms with Crippen LogP contribution < -0.4 is 10.2 Å². The number of carbonyl (C=O) groups excluding carboxylic acids is 2. The van der Waals surface area contributed by atoms with Crippen LogP contribution in [0.3, 0.4) is 0 Å². The molecule has 11 heteroatoms. The number of rotatable bonds is 10. The van der Waals surface area contributed by atoms with Gasteiger partial charge in [-0.25, -0.2) is 9.18 Å². The first-order chi connectivity index (χ1) is 14.9. The summed E-state index contributed by atoms with van der Waals surface area (Å²) in [6.45, 7) is -0.860.